The average molecular weight is 588 g/mol. The lowest BCUT2D eigenvalue weighted by Gasteiger charge is -2.32. The molecule has 2 amide bonds. The Hall–Kier alpha value is -3.64. The summed E-state index contributed by atoms with van der Waals surface area (Å²) >= 11 is 3.65. The maximum absolute atomic E-state index is 13.9. The summed E-state index contributed by atoms with van der Waals surface area (Å²) in [5.74, 6) is 0.191. The number of rotatable bonds is 12. The third-order valence-corrected chi connectivity index (χ3v) is 7.70. The first-order valence-electron chi connectivity index (χ1n) is 13.4. The molecule has 0 aliphatic rings. The fourth-order valence-corrected chi connectivity index (χ4v) is 5.19. The van der Waals surface area contributed by atoms with E-state index in [4.69, 9.17) is 4.74 Å². The molecule has 0 aliphatic heterocycles. The highest BCUT2D eigenvalue weighted by molar-refractivity contribution is 9.10. The lowest BCUT2D eigenvalue weighted by atomic mass is 10.0. The van der Waals surface area contributed by atoms with Gasteiger partial charge in [-0.15, -0.1) is 0 Å². The molecule has 4 aromatic carbocycles. The second kappa shape index (κ2) is 13.9. The zero-order valence-corrected chi connectivity index (χ0v) is 24.1. The van der Waals surface area contributed by atoms with Crippen molar-refractivity contribution in [2.45, 2.75) is 45.7 Å². The van der Waals surface area contributed by atoms with E-state index in [1.165, 1.54) is 0 Å². The minimum Gasteiger partial charge on any atom is -0.483 e. The maximum atomic E-state index is 13.9. The van der Waals surface area contributed by atoms with Crippen LogP contribution in [0.5, 0.6) is 5.75 Å². The summed E-state index contributed by atoms with van der Waals surface area (Å²) in [6.07, 6.45) is 2.27. The number of hydrogen-bond acceptors (Lipinski definition) is 3. The third kappa shape index (κ3) is 7.48. The topological polar surface area (TPSA) is 58.6 Å². The molecule has 39 heavy (non-hydrogen) atoms. The van der Waals surface area contributed by atoms with Crippen molar-refractivity contribution >= 4 is 38.5 Å². The number of unbranched alkanes of at least 4 members (excludes halogenated alkanes) is 1. The molecular formula is C33H35BrN2O3. The third-order valence-electron chi connectivity index (χ3n) is 6.88. The van der Waals surface area contributed by atoms with Crippen LogP contribution in [0.15, 0.2) is 95.5 Å². The van der Waals surface area contributed by atoms with Crippen molar-refractivity contribution in [3.8, 4) is 5.75 Å². The molecule has 0 aliphatic carbocycles. The summed E-state index contributed by atoms with van der Waals surface area (Å²) in [6.45, 7) is 4.81. The summed E-state index contributed by atoms with van der Waals surface area (Å²) < 4.78 is 6.87. The molecular weight excluding hydrogens is 552 g/mol. The number of aryl methyl sites for hydroxylation is 1. The van der Waals surface area contributed by atoms with Gasteiger partial charge in [0.2, 0.25) is 5.91 Å². The Balaban J connectivity index is 1.63. The zero-order chi connectivity index (χ0) is 27.6. The van der Waals surface area contributed by atoms with Crippen LogP contribution in [0.4, 0.5) is 0 Å². The van der Waals surface area contributed by atoms with E-state index in [9.17, 15) is 9.59 Å². The van der Waals surface area contributed by atoms with Gasteiger partial charge in [0.25, 0.3) is 5.91 Å². The Morgan fingerprint density at radius 2 is 1.64 bits per heavy atom. The number of amides is 2. The predicted octanol–water partition coefficient (Wildman–Crippen LogP) is 6.85. The van der Waals surface area contributed by atoms with E-state index in [1.54, 1.807) is 4.90 Å². The van der Waals surface area contributed by atoms with Crippen molar-refractivity contribution in [3.63, 3.8) is 0 Å². The van der Waals surface area contributed by atoms with Crippen LogP contribution in [-0.2, 0) is 22.6 Å². The quantitative estimate of drug-likeness (QED) is 0.185. The number of fused-ring (bicyclic) bond motifs is 1. The monoisotopic (exact) mass is 586 g/mol. The molecule has 1 atom stereocenters. The summed E-state index contributed by atoms with van der Waals surface area (Å²) in [6, 6.07) is 29.0. The molecule has 0 bridgehead atoms. The molecule has 0 aromatic heterocycles. The summed E-state index contributed by atoms with van der Waals surface area (Å²) in [4.78, 5) is 29.1. The molecule has 0 spiro atoms. The van der Waals surface area contributed by atoms with Gasteiger partial charge in [0.05, 0.1) is 4.47 Å². The molecule has 4 rings (SSSR count). The Morgan fingerprint density at radius 3 is 2.41 bits per heavy atom. The van der Waals surface area contributed by atoms with Crippen molar-refractivity contribution in [1.29, 1.82) is 0 Å². The van der Waals surface area contributed by atoms with Crippen LogP contribution in [0.1, 0.15) is 36.5 Å². The molecule has 0 fully saturated rings. The fourth-order valence-electron chi connectivity index (χ4n) is 4.58. The van der Waals surface area contributed by atoms with Gasteiger partial charge in [0.1, 0.15) is 11.8 Å². The van der Waals surface area contributed by atoms with E-state index in [0.29, 0.717) is 25.3 Å². The Labute approximate surface area is 239 Å². The van der Waals surface area contributed by atoms with Gasteiger partial charge < -0.3 is 15.0 Å². The molecule has 0 radical (unpaired) electrons. The van der Waals surface area contributed by atoms with Gasteiger partial charge in [-0.25, -0.2) is 0 Å². The first-order chi connectivity index (χ1) is 19.0. The van der Waals surface area contributed by atoms with Crippen molar-refractivity contribution in [3.05, 3.63) is 112 Å². The smallest absolute Gasteiger partial charge is 0.261 e. The van der Waals surface area contributed by atoms with E-state index in [1.807, 2.05) is 97.9 Å². The Bertz CT molecular complexity index is 1410. The van der Waals surface area contributed by atoms with Gasteiger partial charge in [0, 0.05) is 19.5 Å². The van der Waals surface area contributed by atoms with Crippen molar-refractivity contribution < 1.29 is 14.3 Å². The second-order valence-corrected chi connectivity index (χ2v) is 10.5. The summed E-state index contributed by atoms with van der Waals surface area (Å²) in [5.41, 5.74) is 3.06. The molecule has 1 N–H and O–H groups in total. The maximum Gasteiger partial charge on any atom is 0.261 e. The molecule has 6 heteroatoms. The van der Waals surface area contributed by atoms with Crippen LogP contribution in [0, 0.1) is 6.92 Å². The lowest BCUT2D eigenvalue weighted by molar-refractivity contribution is -0.142. The number of nitrogens with one attached hydrogen (secondary N) is 1. The van der Waals surface area contributed by atoms with E-state index < -0.39 is 6.04 Å². The zero-order valence-electron chi connectivity index (χ0n) is 22.5. The van der Waals surface area contributed by atoms with Crippen LogP contribution >= 0.6 is 15.9 Å². The van der Waals surface area contributed by atoms with Crippen LogP contribution < -0.4 is 10.1 Å². The highest BCUT2D eigenvalue weighted by Gasteiger charge is 2.31. The number of carbonyl (C=O) groups is 2. The second-order valence-electron chi connectivity index (χ2n) is 9.69. The Kier molecular flexibility index (Phi) is 10.1. The van der Waals surface area contributed by atoms with Gasteiger partial charge in [-0.1, -0.05) is 98.3 Å². The molecule has 202 valence electrons. The molecule has 0 heterocycles. The van der Waals surface area contributed by atoms with E-state index >= 15 is 0 Å². The van der Waals surface area contributed by atoms with Crippen molar-refractivity contribution in [2.75, 3.05) is 13.2 Å². The van der Waals surface area contributed by atoms with Crippen LogP contribution in [-0.4, -0.2) is 35.9 Å². The van der Waals surface area contributed by atoms with E-state index in [0.717, 1.165) is 44.8 Å². The van der Waals surface area contributed by atoms with Crippen molar-refractivity contribution in [1.82, 2.24) is 10.2 Å². The molecule has 5 nitrogen and oxygen atoms in total. The van der Waals surface area contributed by atoms with E-state index in [2.05, 4.69) is 28.2 Å². The number of ether oxygens (including phenoxy) is 1. The first-order valence-corrected chi connectivity index (χ1v) is 14.2. The molecule has 0 saturated heterocycles. The normalized spacial score (nSPS) is 11.7. The summed E-state index contributed by atoms with van der Waals surface area (Å²) in [7, 11) is 0. The van der Waals surface area contributed by atoms with Crippen molar-refractivity contribution in [2.24, 2.45) is 0 Å². The SMILES string of the molecule is CCCCNC(=O)[C@H](Cc1ccccc1)N(Cc1ccccc1C)C(=O)COc1ccc2ccccc2c1Br. The first kappa shape index (κ1) is 28.4. The minimum absolute atomic E-state index is 0.152. The Morgan fingerprint density at radius 1 is 0.923 bits per heavy atom. The van der Waals surface area contributed by atoms with E-state index in [-0.39, 0.29) is 18.4 Å². The molecule has 0 unspecified atom stereocenters. The highest BCUT2D eigenvalue weighted by atomic mass is 79.9. The van der Waals surface area contributed by atoms with Crippen LogP contribution in [0.3, 0.4) is 0 Å². The minimum atomic E-state index is -0.681. The van der Waals surface area contributed by atoms with Gasteiger partial charge in [-0.2, -0.15) is 0 Å². The number of carbonyl (C=O) groups excluding carboxylic acids is 2. The van der Waals surface area contributed by atoms with Crippen LogP contribution in [0.2, 0.25) is 0 Å². The largest absolute Gasteiger partial charge is 0.483 e. The number of benzene rings is 4. The predicted molar refractivity (Wildman–Crippen MR) is 161 cm³/mol. The average Bonchev–Trinajstić information content (AvgIpc) is 2.96. The fraction of sp³-hybridized carbons (Fsp3) is 0.273. The number of hydrogen-bond donors (Lipinski definition) is 1. The standard InChI is InChI=1S/C33H35BrN2O3/c1-3-4-20-35-33(38)29(21-25-13-6-5-7-14-25)36(22-27-16-9-8-12-24(27)2)31(37)23-39-30-19-18-26-15-10-11-17-28(26)32(30)34/h5-19,29H,3-4,20-23H2,1-2H3,(H,35,38)/t29-/m0/s1. The number of halogens is 1. The molecule has 0 saturated carbocycles. The van der Waals surface area contributed by atoms with Gasteiger partial charge in [0.15, 0.2) is 6.61 Å². The van der Waals surface area contributed by atoms with Gasteiger partial charge >= 0.3 is 0 Å². The highest BCUT2D eigenvalue weighted by Crippen LogP contribution is 2.33. The van der Waals surface area contributed by atoms with Gasteiger partial charge in [-0.3, -0.25) is 9.59 Å². The van der Waals surface area contributed by atoms with Crippen LogP contribution in [0.25, 0.3) is 10.8 Å². The van der Waals surface area contributed by atoms with Gasteiger partial charge in [-0.05, 0) is 62.8 Å². The lowest BCUT2D eigenvalue weighted by Crippen LogP contribution is -2.52. The summed E-state index contributed by atoms with van der Waals surface area (Å²) in [5, 5.41) is 5.15. The number of nitrogens with zero attached hydrogens (tertiary/aromatic N) is 1. The molecule has 4 aromatic rings.